The second-order valence-corrected chi connectivity index (χ2v) is 24.7. The summed E-state index contributed by atoms with van der Waals surface area (Å²) in [6.45, 7) is 30.7. The van der Waals surface area contributed by atoms with Gasteiger partial charge in [0.2, 0.25) is 6.33 Å². The van der Waals surface area contributed by atoms with E-state index in [0.717, 1.165) is 61.6 Å². The van der Waals surface area contributed by atoms with Crippen molar-refractivity contribution in [1.82, 2.24) is 19.1 Å². The van der Waals surface area contributed by atoms with E-state index in [9.17, 15) is 0 Å². The SMILES string of the molecule is Cc1cc(-n2c3ccccc3c3ccc(Oc4ccc5c(c4)-n4[c-][n+](C)c6cccc(c64)C54c5c(cc(C(C)(C)C)cc5C(C)(C)C)-c5cc(C(C)(C)C)cc(C(C)(C)C)c54)cc32)ncc1-c1ccncc1. The van der Waals surface area contributed by atoms with Crippen molar-refractivity contribution in [1.29, 1.82) is 0 Å². The van der Waals surface area contributed by atoms with Crippen LogP contribution in [0.4, 0.5) is 0 Å². The molecular formula is C66H65N5O. The first-order chi connectivity index (χ1) is 34.0. The summed E-state index contributed by atoms with van der Waals surface area (Å²) < 4.78 is 13.8. The first-order valence-electron chi connectivity index (χ1n) is 25.6. The van der Waals surface area contributed by atoms with E-state index >= 15 is 0 Å². The van der Waals surface area contributed by atoms with Crippen molar-refractivity contribution >= 4 is 32.8 Å². The molecule has 1 spiro atoms. The van der Waals surface area contributed by atoms with Gasteiger partial charge < -0.3 is 13.9 Å². The maximum absolute atomic E-state index is 7.11. The largest absolute Gasteiger partial charge is 0.458 e. The molecular weight excluding hydrogens is 879 g/mol. The smallest absolute Gasteiger partial charge is 0.244 e. The van der Waals surface area contributed by atoms with Crippen LogP contribution < -0.4 is 9.30 Å². The van der Waals surface area contributed by atoms with E-state index in [2.05, 4.69) is 231 Å². The van der Waals surface area contributed by atoms with Crippen LogP contribution in [0, 0.1) is 13.3 Å². The molecule has 0 saturated carbocycles. The number of imidazole rings is 1. The van der Waals surface area contributed by atoms with Crippen molar-refractivity contribution in [2.24, 2.45) is 7.05 Å². The molecule has 0 fully saturated rings. The monoisotopic (exact) mass is 944 g/mol. The zero-order valence-electron chi connectivity index (χ0n) is 44.4. The van der Waals surface area contributed by atoms with Gasteiger partial charge in [0.1, 0.15) is 17.3 Å². The Kier molecular flexibility index (Phi) is 9.77. The van der Waals surface area contributed by atoms with E-state index < -0.39 is 5.41 Å². The highest BCUT2D eigenvalue weighted by Gasteiger charge is 2.54. The Balaban J connectivity index is 1.11. The van der Waals surface area contributed by atoms with Crippen LogP contribution in [0.3, 0.4) is 0 Å². The van der Waals surface area contributed by atoms with E-state index in [1.54, 1.807) is 0 Å². The lowest BCUT2D eigenvalue weighted by Gasteiger charge is -2.45. The van der Waals surface area contributed by atoms with Crippen LogP contribution in [0.2, 0.25) is 0 Å². The van der Waals surface area contributed by atoms with Crippen LogP contribution in [0.1, 0.15) is 133 Å². The summed E-state index contributed by atoms with van der Waals surface area (Å²) in [6.07, 6.45) is 9.44. The average molecular weight is 944 g/mol. The molecule has 0 unspecified atom stereocenters. The summed E-state index contributed by atoms with van der Waals surface area (Å²) in [5.74, 6) is 2.37. The van der Waals surface area contributed by atoms with Crippen LogP contribution >= 0.6 is 0 Å². The third-order valence-electron chi connectivity index (χ3n) is 15.7. The number of benzene rings is 6. The highest BCUT2D eigenvalue weighted by Crippen LogP contribution is 2.65. The molecule has 360 valence electrons. The lowest BCUT2D eigenvalue weighted by atomic mass is 9.60. The van der Waals surface area contributed by atoms with E-state index in [1.807, 2.05) is 30.7 Å². The minimum Gasteiger partial charge on any atom is -0.458 e. The molecule has 0 atom stereocenters. The third kappa shape index (κ3) is 6.70. The minimum atomic E-state index is -0.663. The second kappa shape index (κ2) is 15.4. The zero-order valence-corrected chi connectivity index (χ0v) is 44.4. The van der Waals surface area contributed by atoms with Gasteiger partial charge in [0.15, 0.2) is 0 Å². The predicted octanol–water partition coefficient (Wildman–Crippen LogP) is 15.8. The molecule has 1 aliphatic heterocycles. The molecule has 0 bridgehead atoms. The molecule has 5 heterocycles. The highest BCUT2D eigenvalue weighted by molar-refractivity contribution is 6.09. The standard InChI is InChI=1S/C66H65N5O/c1-39-30-58(68-37-49(39)40-26-28-67-29-27-40)71-54-20-16-15-18-45(54)46-24-22-43(35-56(46)71)72-44-23-25-50-57(36-44)70-38-69(14)55-21-17-19-51(61(55)70)66(50)59-47(31-41(62(2,3)4)33-52(59)64(8,9)10)48-32-42(63(5,6)7)34-53(60(48)66)65(11,12)13/h15-37H,1-14H3. The van der Waals surface area contributed by atoms with Crippen LogP contribution in [0.15, 0.2) is 140 Å². The van der Waals surface area contributed by atoms with E-state index in [1.165, 1.54) is 66.5 Å². The number of fused-ring (bicyclic) bond motifs is 12. The van der Waals surface area contributed by atoms with Gasteiger partial charge in [-0.05, 0) is 144 Å². The zero-order chi connectivity index (χ0) is 50.6. The minimum absolute atomic E-state index is 0.0640. The maximum atomic E-state index is 7.11. The molecule has 2 aliphatic rings. The fourth-order valence-electron chi connectivity index (χ4n) is 12.1. The summed E-state index contributed by atoms with van der Waals surface area (Å²) in [5, 5.41) is 2.31. The van der Waals surface area contributed by atoms with Gasteiger partial charge in [0, 0.05) is 41.0 Å². The Morgan fingerprint density at radius 3 is 1.81 bits per heavy atom. The molecule has 1 aliphatic carbocycles. The number of nitrogens with zero attached hydrogens (tertiary/aromatic N) is 5. The van der Waals surface area contributed by atoms with Gasteiger partial charge in [0.25, 0.3) is 0 Å². The van der Waals surface area contributed by atoms with Gasteiger partial charge >= 0.3 is 0 Å². The number of para-hydroxylation sites is 2. The van der Waals surface area contributed by atoms with Crippen molar-refractivity contribution in [3.05, 3.63) is 196 Å². The van der Waals surface area contributed by atoms with Gasteiger partial charge in [-0.3, -0.25) is 9.55 Å². The number of rotatable bonds is 4. The Morgan fingerprint density at radius 1 is 0.569 bits per heavy atom. The second-order valence-electron chi connectivity index (χ2n) is 24.7. The van der Waals surface area contributed by atoms with Gasteiger partial charge in [-0.1, -0.05) is 150 Å². The molecule has 10 aromatic rings. The van der Waals surface area contributed by atoms with Crippen LogP contribution in [-0.2, 0) is 34.1 Å². The lowest BCUT2D eigenvalue weighted by Crippen LogP contribution is -2.38. The van der Waals surface area contributed by atoms with Crippen molar-refractivity contribution < 1.29 is 9.30 Å². The normalized spacial score (nSPS) is 14.1. The number of aryl methyl sites for hydroxylation is 2. The number of hydrogen-bond donors (Lipinski definition) is 0. The maximum Gasteiger partial charge on any atom is 0.244 e. The summed E-state index contributed by atoms with van der Waals surface area (Å²) in [5.41, 5.74) is 21.2. The molecule has 4 aromatic heterocycles. The molecule has 0 N–H and O–H groups in total. The van der Waals surface area contributed by atoms with Crippen molar-refractivity contribution in [3.8, 4) is 45.3 Å². The first-order valence-corrected chi connectivity index (χ1v) is 25.6. The summed E-state index contributed by atoms with van der Waals surface area (Å²) in [4.78, 5) is 9.33. The van der Waals surface area contributed by atoms with E-state index in [0.29, 0.717) is 0 Å². The summed E-state index contributed by atoms with van der Waals surface area (Å²) in [6, 6.07) is 45.3. The van der Waals surface area contributed by atoms with Crippen LogP contribution in [0.25, 0.3) is 66.6 Å². The van der Waals surface area contributed by atoms with Gasteiger partial charge in [-0.15, -0.1) is 0 Å². The Labute approximate surface area is 425 Å². The van der Waals surface area contributed by atoms with Crippen molar-refractivity contribution in [2.75, 3.05) is 0 Å². The topological polar surface area (TPSA) is 48.8 Å². The molecule has 6 nitrogen and oxygen atoms in total. The third-order valence-corrected chi connectivity index (χ3v) is 15.7. The highest BCUT2D eigenvalue weighted by atomic mass is 16.5. The molecule has 0 radical (unpaired) electrons. The van der Waals surface area contributed by atoms with E-state index in [-0.39, 0.29) is 21.7 Å². The number of aromatic nitrogens is 5. The fraction of sp³-hybridized carbons (Fsp3) is 0.288. The Bertz CT molecular complexity index is 3810. The molecule has 72 heavy (non-hydrogen) atoms. The van der Waals surface area contributed by atoms with Gasteiger partial charge in [-0.2, -0.15) is 0 Å². The molecule has 6 aromatic carbocycles. The van der Waals surface area contributed by atoms with Crippen molar-refractivity contribution in [2.45, 2.75) is 117 Å². The Hall–Kier alpha value is -7.31. The number of ether oxygens (including phenoxy) is 1. The predicted molar refractivity (Wildman–Crippen MR) is 296 cm³/mol. The summed E-state index contributed by atoms with van der Waals surface area (Å²) in [7, 11) is 2.13. The Morgan fingerprint density at radius 2 is 1.18 bits per heavy atom. The van der Waals surface area contributed by atoms with Gasteiger partial charge in [0.05, 0.1) is 40.2 Å². The lowest BCUT2D eigenvalue weighted by molar-refractivity contribution is -0.649. The van der Waals surface area contributed by atoms with Gasteiger partial charge in [-0.25, -0.2) is 4.98 Å². The summed E-state index contributed by atoms with van der Waals surface area (Å²) >= 11 is 0. The van der Waals surface area contributed by atoms with E-state index in [4.69, 9.17) is 9.72 Å². The number of pyridine rings is 2. The fourth-order valence-corrected chi connectivity index (χ4v) is 12.1. The quantitative estimate of drug-likeness (QED) is 0.130. The number of hydrogen-bond acceptors (Lipinski definition) is 3. The molecule has 0 amide bonds. The van der Waals surface area contributed by atoms with Crippen LogP contribution in [0.5, 0.6) is 11.5 Å². The molecule has 0 saturated heterocycles. The molecule has 6 heteroatoms. The van der Waals surface area contributed by atoms with Crippen LogP contribution in [-0.4, -0.2) is 19.1 Å². The molecule has 12 rings (SSSR count). The van der Waals surface area contributed by atoms with Crippen molar-refractivity contribution in [3.63, 3.8) is 0 Å². The average Bonchev–Trinajstić information content (AvgIpc) is 3.95. The first kappa shape index (κ1) is 45.8.